The molecular weight excluding hydrogens is 488 g/mol. The van der Waals surface area contributed by atoms with Crippen molar-refractivity contribution >= 4 is 17.5 Å². The molecule has 0 bridgehead atoms. The number of carbonyl (C=O) groups excluding carboxylic acids is 2. The first-order chi connectivity index (χ1) is 18.5. The number of ether oxygens (including phenoxy) is 3. The van der Waals surface area contributed by atoms with E-state index in [0.29, 0.717) is 40.7 Å². The van der Waals surface area contributed by atoms with E-state index in [1.54, 1.807) is 63.8 Å². The maximum atomic E-state index is 13.7. The van der Waals surface area contributed by atoms with Gasteiger partial charge in [0.1, 0.15) is 18.3 Å². The van der Waals surface area contributed by atoms with E-state index in [1.807, 2.05) is 6.92 Å². The van der Waals surface area contributed by atoms with Crippen LogP contribution >= 0.6 is 0 Å². The third-order valence-electron chi connectivity index (χ3n) is 6.67. The number of amides is 2. The molecule has 0 unspecified atom stereocenters. The van der Waals surface area contributed by atoms with E-state index in [2.05, 4.69) is 20.7 Å². The summed E-state index contributed by atoms with van der Waals surface area (Å²) in [7, 11) is 4.67. The van der Waals surface area contributed by atoms with Gasteiger partial charge >= 0.3 is 0 Å². The highest BCUT2D eigenvalue weighted by Gasteiger charge is 2.32. The number of rotatable bonds is 11. The Bertz CT molecular complexity index is 1260. The van der Waals surface area contributed by atoms with E-state index in [4.69, 9.17) is 14.2 Å². The van der Waals surface area contributed by atoms with Crippen LogP contribution in [0.25, 0.3) is 11.4 Å². The van der Waals surface area contributed by atoms with Crippen molar-refractivity contribution in [1.82, 2.24) is 25.5 Å². The average Bonchev–Trinajstić information content (AvgIpc) is 3.63. The molecule has 1 atom stereocenters. The molecule has 0 spiro atoms. The van der Waals surface area contributed by atoms with Crippen molar-refractivity contribution in [2.45, 2.75) is 57.7 Å². The van der Waals surface area contributed by atoms with E-state index < -0.39 is 6.04 Å². The molecule has 11 nitrogen and oxygen atoms in total. The van der Waals surface area contributed by atoms with Crippen LogP contribution < -0.4 is 24.4 Å². The topological polar surface area (TPSA) is 121 Å². The number of benzene rings is 2. The Labute approximate surface area is 222 Å². The van der Waals surface area contributed by atoms with Gasteiger partial charge in [-0.25, -0.2) is 0 Å². The molecule has 0 radical (unpaired) electrons. The minimum Gasteiger partial charge on any atom is -0.497 e. The molecule has 1 aliphatic carbocycles. The van der Waals surface area contributed by atoms with Gasteiger partial charge in [0.2, 0.25) is 11.7 Å². The molecule has 1 fully saturated rings. The van der Waals surface area contributed by atoms with Gasteiger partial charge in [-0.1, -0.05) is 25.8 Å². The highest BCUT2D eigenvalue weighted by atomic mass is 16.5. The summed E-state index contributed by atoms with van der Waals surface area (Å²) in [4.78, 5) is 29.8. The van der Waals surface area contributed by atoms with Gasteiger partial charge < -0.3 is 19.5 Å². The lowest BCUT2D eigenvalue weighted by Gasteiger charge is -2.31. The molecule has 3 aromatic rings. The summed E-state index contributed by atoms with van der Waals surface area (Å²) in [5.41, 5.74) is 1.22. The van der Waals surface area contributed by atoms with Crippen molar-refractivity contribution in [2.75, 3.05) is 26.2 Å². The Balaban J connectivity index is 1.59. The number of hydrogen-bond acceptors (Lipinski definition) is 8. The van der Waals surface area contributed by atoms with Crippen LogP contribution in [0.15, 0.2) is 42.5 Å². The van der Waals surface area contributed by atoms with Gasteiger partial charge in [-0.15, -0.1) is 10.2 Å². The Morgan fingerprint density at radius 3 is 2.50 bits per heavy atom. The quantitative estimate of drug-likeness (QED) is 0.408. The molecule has 4 rings (SSSR count). The van der Waals surface area contributed by atoms with Crippen molar-refractivity contribution in [2.24, 2.45) is 0 Å². The molecule has 0 saturated heterocycles. The maximum absolute atomic E-state index is 13.7. The zero-order valence-electron chi connectivity index (χ0n) is 22.2. The molecule has 1 N–H and O–H groups in total. The molecule has 0 aliphatic heterocycles. The summed E-state index contributed by atoms with van der Waals surface area (Å²) in [5.74, 6) is 1.50. The predicted octanol–water partition coefficient (Wildman–Crippen LogP) is 3.24. The lowest BCUT2D eigenvalue weighted by atomic mass is 10.1. The zero-order valence-corrected chi connectivity index (χ0v) is 22.2. The lowest BCUT2D eigenvalue weighted by Crippen LogP contribution is -2.52. The van der Waals surface area contributed by atoms with Gasteiger partial charge in [-0.3, -0.25) is 14.5 Å². The number of carbonyl (C=O) groups is 2. The number of anilines is 1. The van der Waals surface area contributed by atoms with Crippen molar-refractivity contribution in [3.05, 3.63) is 42.5 Å². The molecule has 1 aliphatic rings. The highest BCUT2D eigenvalue weighted by Crippen LogP contribution is 2.31. The first-order valence-electron chi connectivity index (χ1n) is 12.7. The molecule has 1 aromatic heterocycles. The van der Waals surface area contributed by atoms with Crippen molar-refractivity contribution in [1.29, 1.82) is 0 Å². The molecule has 1 saturated carbocycles. The van der Waals surface area contributed by atoms with Gasteiger partial charge in [0.25, 0.3) is 5.91 Å². The number of methoxy groups -OCH3 is 3. The van der Waals surface area contributed by atoms with Gasteiger partial charge in [0.15, 0.2) is 11.5 Å². The molecule has 38 heavy (non-hydrogen) atoms. The summed E-state index contributed by atoms with van der Waals surface area (Å²) >= 11 is 0. The molecule has 2 aromatic carbocycles. The Morgan fingerprint density at radius 2 is 1.82 bits per heavy atom. The third kappa shape index (κ3) is 6.04. The number of hydrogen-bond donors (Lipinski definition) is 1. The summed E-state index contributed by atoms with van der Waals surface area (Å²) < 4.78 is 16.0. The molecule has 2 amide bonds. The second-order valence-electron chi connectivity index (χ2n) is 9.09. The fourth-order valence-electron chi connectivity index (χ4n) is 4.71. The maximum Gasteiger partial charge on any atom is 0.251 e. The van der Waals surface area contributed by atoms with Crippen LogP contribution in [0, 0.1) is 0 Å². The number of aromatic nitrogens is 4. The Morgan fingerprint density at radius 1 is 1.05 bits per heavy atom. The van der Waals surface area contributed by atoms with Crippen LogP contribution in [0.1, 0.15) is 39.0 Å². The van der Waals surface area contributed by atoms with Crippen molar-refractivity contribution in [3.8, 4) is 28.6 Å². The largest absolute Gasteiger partial charge is 0.497 e. The zero-order chi connectivity index (χ0) is 27.1. The predicted molar refractivity (Wildman–Crippen MR) is 141 cm³/mol. The molecule has 11 heteroatoms. The van der Waals surface area contributed by atoms with E-state index >= 15 is 0 Å². The van der Waals surface area contributed by atoms with E-state index in [1.165, 1.54) is 9.70 Å². The summed E-state index contributed by atoms with van der Waals surface area (Å²) in [6, 6.07) is 11.8. The first-order valence-corrected chi connectivity index (χ1v) is 12.7. The van der Waals surface area contributed by atoms with Crippen LogP contribution in [-0.2, 0) is 16.1 Å². The Kier molecular flexibility index (Phi) is 8.77. The van der Waals surface area contributed by atoms with Crippen LogP contribution in [0.3, 0.4) is 0 Å². The molecule has 202 valence electrons. The summed E-state index contributed by atoms with van der Waals surface area (Å²) in [6.07, 6.45) is 4.54. The van der Waals surface area contributed by atoms with Crippen LogP contribution in [0.4, 0.5) is 5.69 Å². The minimum atomic E-state index is -0.705. The third-order valence-corrected chi connectivity index (χ3v) is 6.67. The Hall–Kier alpha value is -4.15. The van der Waals surface area contributed by atoms with Crippen LogP contribution in [0.5, 0.6) is 17.2 Å². The summed E-state index contributed by atoms with van der Waals surface area (Å²) in [5, 5.41) is 15.7. The van der Waals surface area contributed by atoms with Crippen LogP contribution in [-0.4, -0.2) is 65.4 Å². The number of tetrazole rings is 1. The second kappa shape index (κ2) is 12.4. The lowest BCUT2D eigenvalue weighted by molar-refractivity contribution is -0.127. The summed E-state index contributed by atoms with van der Waals surface area (Å²) in [6.45, 7) is 1.69. The SMILES string of the molecule is CC[C@@H](C(=O)NC1CCCC1)N(C(=O)Cn1nnc(-c2ccc(OC)c(OC)c2)n1)c1cccc(OC)c1. The monoisotopic (exact) mass is 522 g/mol. The van der Waals surface area contributed by atoms with Crippen LogP contribution in [0.2, 0.25) is 0 Å². The second-order valence-corrected chi connectivity index (χ2v) is 9.09. The van der Waals surface area contributed by atoms with Gasteiger partial charge in [-0.05, 0) is 54.8 Å². The minimum absolute atomic E-state index is 0.139. The smallest absolute Gasteiger partial charge is 0.251 e. The molecular formula is C27H34N6O5. The van der Waals surface area contributed by atoms with Crippen molar-refractivity contribution in [3.63, 3.8) is 0 Å². The van der Waals surface area contributed by atoms with Gasteiger partial charge in [0.05, 0.1) is 21.3 Å². The van der Waals surface area contributed by atoms with E-state index in [0.717, 1.165) is 25.7 Å². The standard InChI is InChI=1S/C27H34N6O5/c1-5-22(27(35)28-19-9-6-7-10-19)33(20-11-8-12-21(16-20)36-2)25(34)17-32-30-26(29-31-32)18-13-14-23(37-3)24(15-18)38-4/h8,11-16,19,22H,5-7,9-10,17H2,1-4H3,(H,28,35)/t22-/m0/s1. The average molecular weight is 523 g/mol. The van der Waals surface area contributed by atoms with Gasteiger partial charge in [-0.2, -0.15) is 4.80 Å². The first kappa shape index (κ1) is 26.9. The number of nitrogens with zero attached hydrogens (tertiary/aromatic N) is 5. The highest BCUT2D eigenvalue weighted by molar-refractivity contribution is 6.00. The molecule has 1 heterocycles. The van der Waals surface area contributed by atoms with Crippen molar-refractivity contribution < 1.29 is 23.8 Å². The van der Waals surface area contributed by atoms with E-state index in [9.17, 15) is 9.59 Å². The fraction of sp³-hybridized carbons (Fsp3) is 0.444. The number of nitrogens with one attached hydrogen (secondary N) is 1. The van der Waals surface area contributed by atoms with Gasteiger partial charge in [0, 0.05) is 23.4 Å². The van der Waals surface area contributed by atoms with E-state index in [-0.39, 0.29) is 24.4 Å². The fourth-order valence-corrected chi connectivity index (χ4v) is 4.71. The normalized spacial score (nSPS) is 14.1.